The van der Waals surface area contributed by atoms with Crippen molar-refractivity contribution in [3.8, 4) is 0 Å². The second kappa shape index (κ2) is 3.71. The largest absolute Gasteiger partial charge is 0.303 e. The maximum atomic E-state index is 11.0. The Labute approximate surface area is 75.5 Å². The first kappa shape index (κ1) is 9.25. The molecule has 0 aromatic rings. The van der Waals surface area contributed by atoms with Crippen molar-refractivity contribution < 1.29 is 4.79 Å². The first-order valence-corrected chi connectivity index (χ1v) is 4.54. The van der Waals surface area contributed by atoms with Gasteiger partial charge in [0.2, 0.25) is 5.91 Å². The average molecular weight is 185 g/mol. The Morgan fingerprint density at radius 3 is 2.67 bits per heavy atom. The van der Waals surface area contributed by atoms with Gasteiger partial charge in [0.05, 0.1) is 5.25 Å². The Morgan fingerprint density at radius 1 is 1.58 bits per heavy atom. The van der Waals surface area contributed by atoms with E-state index in [1.807, 2.05) is 20.8 Å². The van der Waals surface area contributed by atoms with Gasteiger partial charge in [-0.1, -0.05) is 11.8 Å². The molecule has 0 bridgehead atoms. The van der Waals surface area contributed by atoms with Crippen LogP contribution in [-0.4, -0.2) is 22.0 Å². The molecule has 0 aromatic heterocycles. The molecule has 0 unspecified atom stereocenters. The summed E-state index contributed by atoms with van der Waals surface area (Å²) in [6.07, 6.45) is 0. The quantitative estimate of drug-likeness (QED) is 0.489. The van der Waals surface area contributed by atoms with Crippen LogP contribution in [0.2, 0.25) is 0 Å². The van der Waals surface area contributed by atoms with Gasteiger partial charge in [0.15, 0.2) is 5.17 Å². The summed E-state index contributed by atoms with van der Waals surface area (Å²) in [7, 11) is 0. The van der Waals surface area contributed by atoms with Crippen molar-refractivity contribution in [3.63, 3.8) is 0 Å². The summed E-state index contributed by atoms with van der Waals surface area (Å²) in [4.78, 5) is 11.0. The predicted molar refractivity (Wildman–Crippen MR) is 51.4 cm³/mol. The number of hydrogen-bond acceptors (Lipinski definition) is 4. The van der Waals surface area contributed by atoms with E-state index >= 15 is 0 Å². The van der Waals surface area contributed by atoms with Crippen LogP contribution in [0.4, 0.5) is 0 Å². The number of nitrogens with zero attached hydrogens (tertiary/aromatic N) is 2. The fraction of sp³-hybridized carbons (Fsp3) is 0.571. The van der Waals surface area contributed by atoms with Crippen molar-refractivity contribution in [1.82, 2.24) is 5.32 Å². The minimum Gasteiger partial charge on any atom is -0.303 e. The average Bonchev–Trinajstić information content (AvgIpc) is 2.28. The molecule has 1 aliphatic heterocycles. The van der Waals surface area contributed by atoms with Crippen molar-refractivity contribution in [2.24, 2.45) is 10.2 Å². The van der Waals surface area contributed by atoms with Gasteiger partial charge in [0.1, 0.15) is 0 Å². The Kier molecular flexibility index (Phi) is 2.86. The van der Waals surface area contributed by atoms with Crippen LogP contribution in [0.25, 0.3) is 0 Å². The fourth-order valence-corrected chi connectivity index (χ4v) is 1.40. The van der Waals surface area contributed by atoms with E-state index in [4.69, 9.17) is 0 Å². The van der Waals surface area contributed by atoms with Gasteiger partial charge in [0, 0.05) is 5.71 Å². The van der Waals surface area contributed by atoms with Crippen molar-refractivity contribution in [3.05, 3.63) is 0 Å². The van der Waals surface area contributed by atoms with Crippen LogP contribution in [0.5, 0.6) is 0 Å². The molecular weight excluding hydrogens is 174 g/mol. The first-order chi connectivity index (χ1) is 5.59. The second-order valence-electron chi connectivity index (χ2n) is 2.70. The lowest BCUT2D eigenvalue weighted by Crippen LogP contribution is -2.23. The lowest BCUT2D eigenvalue weighted by Gasteiger charge is -1.89. The summed E-state index contributed by atoms with van der Waals surface area (Å²) in [6.45, 7) is 5.55. The monoisotopic (exact) mass is 185 g/mol. The smallest absolute Gasteiger partial charge is 0.239 e. The molecule has 1 saturated heterocycles. The third-order valence-electron chi connectivity index (χ3n) is 1.23. The molecule has 1 atom stereocenters. The molecule has 1 heterocycles. The fourth-order valence-electron chi connectivity index (χ4n) is 0.651. The lowest BCUT2D eigenvalue weighted by molar-refractivity contribution is -0.118. The molecule has 4 nitrogen and oxygen atoms in total. The Morgan fingerprint density at radius 2 is 2.25 bits per heavy atom. The Hall–Kier alpha value is -0.840. The van der Waals surface area contributed by atoms with E-state index in [2.05, 4.69) is 15.5 Å². The standard InChI is InChI=1S/C7H11N3OS/c1-4(2)9-10-7-8-6(11)5(3)12-7/h5H,1-3H3,(H,8,10,11)/t5-/m1/s1. The summed E-state index contributed by atoms with van der Waals surface area (Å²) >= 11 is 1.40. The Balaban J connectivity index is 2.63. The topological polar surface area (TPSA) is 53.8 Å². The third kappa shape index (κ3) is 2.34. The molecule has 0 aliphatic carbocycles. The van der Waals surface area contributed by atoms with Crippen LogP contribution in [0.3, 0.4) is 0 Å². The number of nitrogens with one attached hydrogen (secondary N) is 1. The van der Waals surface area contributed by atoms with E-state index in [1.54, 1.807) is 0 Å². The van der Waals surface area contributed by atoms with Crippen LogP contribution in [0, 0.1) is 0 Å². The molecule has 1 fully saturated rings. The van der Waals surface area contributed by atoms with Gasteiger partial charge < -0.3 is 5.32 Å². The second-order valence-corrected chi connectivity index (χ2v) is 4.03. The van der Waals surface area contributed by atoms with Gasteiger partial charge in [-0.2, -0.15) is 5.10 Å². The maximum Gasteiger partial charge on any atom is 0.239 e. The van der Waals surface area contributed by atoms with E-state index in [9.17, 15) is 4.79 Å². The minimum atomic E-state index is -0.0453. The molecule has 1 rings (SSSR count). The summed E-state index contributed by atoms with van der Waals surface area (Å²) < 4.78 is 0. The molecule has 12 heavy (non-hydrogen) atoms. The number of amides is 1. The number of hydrogen-bond donors (Lipinski definition) is 1. The van der Waals surface area contributed by atoms with Crippen LogP contribution in [-0.2, 0) is 4.79 Å². The van der Waals surface area contributed by atoms with Crippen molar-refractivity contribution >= 4 is 28.5 Å². The van der Waals surface area contributed by atoms with Gasteiger partial charge in [-0.25, -0.2) is 0 Å². The highest BCUT2D eigenvalue weighted by molar-refractivity contribution is 8.15. The number of carbonyl (C=O) groups excluding carboxylic acids is 1. The number of rotatable bonds is 1. The molecule has 0 radical (unpaired) electrons. The van der Waals surface area contributed by atoms with E-state index < -0.39 is 0 Å². The van der Waals surface area contributed by atoms with Crippen LogP contribution >= 0.6 is 11.8 Å². The first-order valence-electron chi connectivity index (χ1n) is 3.66. The zero-order valence-electron chi connectivity index (χ0n) is 7.29. The summed E-state index contributed by atoms with van der Waals surface area (Å²) in [5.41, 5.74) is 0.872. The molecule has 0 aromatic carbocycles. The molecule has 5 heteroatoms. The van der Waals surface area contributed by atoms with Crippen molar-refractivity contribution in [2.75, 3.05) is 0 Å². The van der Waals surface area contributed by atoms with Gasteiger partial charge in [-0.15, -0.1) is 5.10 Å². The number of amidine groups is 1. The summed E-state index contributed by atoms with van der Waals surface area (Å²) in [6, 6.07) is 0. The van der Waals surface area contributed by atoms with Gasteiger partial charge >= 0.3 is 0 Å². The lowest BCUT2D eigenvalue weighted by atomic mass is 10.4. The zero-order valence-corrected chi connectivity index (χ0v) is 8.10. The highest BCUT2D eigenvalue weighted by Gasteiger charge is 2.25. The van der Waals surface area contributed by atoms with Crippen LogP contribution in [0.15, 0.2) is 10.2 Å². The highest BCUT2D eigenvalue weighted by Crippen LogP contribution is 2.18. The zero-order chi connectivity index (χ0) is 9.14. The summed E-state index contributed by atoms with van der Waals surface area (Å²) in [5.74, 6) is 0.00251. The molecule has 0 spiro atoms. The van der Waals surface area contributed by atoms with Crippen molar-refractivity contribution in [2.45, 2.75) is 26.0 Å². The molecule has 1 aliphatic rings. The maximum absolute atomic E-state index is 11.0. The molecule has 66 valence electrons. The number of thioether (sulfide) groups is 1. The van der Waals surface area contributed by atoms with Gasteiger partial charge in [-0.05, 0) is 20.8 Å². The van der Waals surface area contributed by atoms with Gasteiger partial charge in [0.25, 0.3) is 0 Å². The van der Waals surface area contributed by atoms with Crippen LogP contribution < -0.4 is 5.32 Å². The van der Waals surface area contributed by atoms with Gasteiger partial charge in [-0.3, -0.25) is 4.79 Å². The summed E-state index contributed by atoms with van der Waals surface area (Å²) in [5, 5.41) is 10.9. The molecule has 1 amide bonds. The Bertz CT molecular complexity index is 255. The number of carbonyl (C=O) groups is 1. The van der Waals surface area contributed by atoms with Crippen molar-refractivity contribution in [1.29, 1.82) is 0 Å². The van der Waals surface area contributed by atoms with Crippen LogP contribution in [0.1, 0.15) is 20.8 Å². The third-order valence-corrected chi connectivity index (χ3v) is 2.20. The SMILES string of the molecule is CC(C)=N/N=C1/NC(=O)[C@@H](C)S1. The van der Waals surface area contributed by atoms with E-state index in [0.29, 0.717) is 5.17 Å². The van der Waals surface area contributed by atoms with E-state index in [-0.39, 0.29) is 11.2 Å². The molecule has 0 saturated carbocycles. The van der Waals surface area contributed by atoms with E-state index in [0.717, 1.165) is 5.71 Å². The normalized spacial score (nSPS) is 25.8. The van der Waals surface area contributed by atoms with E-state index in [1.165, 1.54) is 11.8 Å². The molecule has 1 N–H and O–H groups in total. The highest BCUT2D eigenvalue weighted by atomic mass is 32.2. The predicted octanol–water partition coefficient (Wildman–Crippen LogP) is 0.990. The molecular formula is C7H11N3OS. The minimum absolute atomic E-state index is 0.00251.